The van der Waals surface area contributed by atoms with Crippen LogP contribution >= 0.6 is 11.6 Å². The van der Waals surface area contributed by atoms with Crippen molar-refractivity contribution in [1.29, 1.82) is 0 Å². The van der Waals surface area contributed by atoms with Crippen LogP contribution in [0.1, 0.15) is 34.1 Å². The number of hydrogen-bond donors (Lipinski definition) is 1. The van der Waals surface area contributed by atoms with Gasteiger partial charge in [-0.15, -0.1) is 0 Å². The quantitative estimate of drug-likeness (QED) is 0.859. The standard InChI is InChI=1S/C18H15ClN4O2/c1-12-11-16(20-21-17(24)13-7-9-15(19)10-8-13)23(22-12)18(25)14-5-3-2-4-6-14/h2-10H,11H2,1H3,(H,21,24)/b20-16+. The SMILES string of the molecule is CC1=NN(C(=O)c2ccccc2)/C(=N/NC(=O)c2ccc(Cl)cc2)C1. The van der Waals surface area contributed by atoms with Gasteiger partial charge in [0.15, 0.2) is 5.84 Å². The highest BCUT2D eigenvalue weighted by Gasteiger charge is 2.27. The third-order valence-corrected chi connectivity index (χ3v) is 3.79. The van der Waals surface area contributed by atoms with Gasteiger partial charge in [0, 0.05) is 28.3 Å². The summed E-state index contributed by atoms with van der Waals surface area (Å²) < 4.78 is 0. The lowest BCUT2D eigenvalue weighted by Gasteiger charge is -2.13. The van der Waals surface area contributed by atoms with Gasteiger partial charge in [-0.3, -0.25) is 9.59 Å². The fraction of sp³-hybridized carbons (Fsp3) is 0.111. The van der Waals surface area contributed by atoms with Crippen molar-refractivity contribution in [1.82, 2.24) is 10.4 Å². The van der Waals surface area contributed by atoms with Crippen LogP contribution in [0.5, 0.6) is 0 Å². The van der Waals surface area contributed by atoms with Crippen molar-refractivity contribution in [3.63, 3.8) is 0 Å². The molecule has 0 aliphatic carbocycles. The number of amides is 2. The molecule has 0 spiro atoms. The van der Waals surface area contributed by atoms with Crippen molar-refractivity contribution in [3.8, 4) is 0 Å². The summed E-state index contributed by atoms with van der Waals surface area (Å²) in [5.41, 5.74) is 4.11. The van der Waals surface area contributed by atoms with Gasteiger partial charge in [0.25, 0.3) is 11.8 Å². The van der Waals surface area contributed by atoms with Gasteiger partial charge < -0.3 is 0 Å². The smallest absolute Gasteiger partial charge is 0.267 e. The minimum absolute atomic E-state index is 0.294. The van der Waals surface area contributed by atoms with E-state index in [1.54, 1.807) is 55.5 Å². The van der Waals surface area contributed by atoms with E-state index in [9.17, 15) is 9.59 Å². The molecular formula is C18H15ClN4O2. The maximum Gasteiger partial charge on any atom is 0.279 e. The summed E-state index contributed by atoms with van der Waals surface area (Å²) in [5, 5.41) is 10.0. The van der Waals surface area contributed by atoms with Crippen molar-refractivity contribution in [2.24, 2.45) is 10.2 Å². The van der Waals surface area contributed by atoms with Gasteiger partial charge in [0.1, 0.15) is 0 Å². The number of rotatable bonds is 3. The van der Waals surface area contributed by atoms with Gasteiger partial charge in [-0.25, -0.2) is 5.43 Å². The van der Waals surface area contributed by atoms with Crippen LogP contribution in [0.15, 0.2) is 64.8 Å². The lowest BCUT2D eigenvalue weighted by Crippen LogP contribution is -2.31. The van der Waals surface area contributed by atoms with Crippen molar-refractivity contribution in [3.05, 3.63) is 70.7 Å². The summed E-state index contributed by atoms with van der Waals surface area (Å²) in [6.45, 7) is 1.80. The van der Waals surface area contributed by atoms with Gasteiger partial charge in [0.05, 0.1) is 0 Å². The molecule has 0 aromatic heterocycles. The lowest BCUT2D eigenvalue weighted by molar-refractivity contribution is 0.0848. The molecule has 0 saturated carbocycles. The summed E-state index contributed by atoms with van der Waals surface area (Å²) in [4.78, 5) is 24.7. The fourth-order valence-electron chi connectivity index (χ4n) is 2.30. The van der Waals surface area contributed by atoms with Crippen LogP contribution in [0.25, 0.3) is 0 Å². The van der Waals surface area contributed by atoms with Gasteiger partial charge in [0.2, 0.25) is 0 Å². The van der Waals surface area contributed by atoms with E-state index in [4.69, 9.17) is 11.6 Å². The van der Waals surface area contributed by atoms with E-state index >= 15 is 0 Å². The molecule has 0 bridgehead atoms. The van der Waals surface area contributed by atoms with Crippen molar-refractivity contribution < 1.29 is 9.59 Å². The third kappa shape index (κ3) is 3.92. The average molecular weight is 355 g/mol. The van der Waals surface area contributed by atoms with Gasteiger partial charge in [-0.1, -0.05) is 29.8 Å². The summed E-state index contributed by atoms with van der Waals surface area (Å²) in [6.07, 6.45) is 0.388. The first-order valence-electron chi connectivity index (χ1n) is 7.60. The summed E-state index contributed by atoms with van der Waals surface area (Å²) in [7, 11) is 0. The van der Waals surface area contributed by atoms with Crippen LogP contribution in [-0.4, -0.2) is 28.4 Å². The molecule has 2 aromatic rings. The Morgan fingerprint density at radius 2 is 1.76 bits per heavy atom. The number of hydrazone groups is 2. The topological polar surface area (TPSA) is 74.1 Å². The lowest BCUT2D eigenvalue weighted by atomic mass is 10.2. The fourth-order valence-corrected chi connectivity index (χ4v) is 2.43. The highest BCUT2D eigenvalue weighted by atomic mass is 35.5. The van der Waals surface area contributed by atoms with E-state index < -0.39 is 0 Å². The number of benzene rings is 2. The number of amidine groups is 1. The monoisotopic (exact) mass is 354 g/mol. The first kappa shape index (κ1) is 16.9. The minimum atomic E-state index is -0.388. The number of carbonyl (C=O) groups is 2. The maximum atomic E-state index is 12.6. The number of hydrogen-bond acceptors (Lipinski definition) is 4. The third-order valence-electron chi connectivity index (χ3n) is 3.54. The molecule has 0 unspecified atom stereocenters. The van der Waals surface area contributed by atoms with Crippen molar-refractivity contribution in [2.45, 2.75) is 13.3 Å². The molecule has 2 amide bonds. The molecule has 3 rings (SSSR count). The first-order chi connectivity index (χ1) is 12.0. The largest absolute Gasteiger partial charge is 0.279 e. The van der Waals surface area contributed by atoms with E-state index in [1.165, 1.54) is 5.01 Å². The molecule has 1 heterocycles. The van der Waals surface area contributed by atoms with Crippen LogP contribution in [0, 0.1) is 0 Å². The number of halogens is 1. The van der Waals surface area contributed by atoms with Crippen LogP contribution in [0.3, 0.4) is 0 Å². The second-order valence-corrected chi connectivity index (χ2v) is 5.91. The molecule has 25 heavy (non-hydrogen) atoms. The molecule has 0 radical (unpaired) electrons. The normalized spacial score (nSPS) is 15.2. The Bertz CT molecular complexity index is 860. The second-order valence-electron chi connectivity index (χ2n) is 5.47. The molecular weight excluding hydrogens is 340 g/mol. The Balaban J connectivity index is 1.76. The number of nitrogens with one attached hydrogen (secondary N) is 1. The van der Waals surface area contributed by atoms with Gasteiger partial charge >= 0.3 is 0 Å². The van der Waals surface area contributed by atoms with E-state index in [0.717, 1.165) is 5.71 Å². The van der Waals surface area contributed by atoms with E-state index in [2.05, 4.69) is 15.6 Å². The molecule has 2 aromatic carbocycles. The minimum Gasteiger partial charge on any atom is -0.267 e. The van der Waals surface area contributed by atoms with E-state index in [0.29, 0.717) is 28.4 Å². The maximum absolute atomic E-state index is 12.6. The molecule has 7 heteroatoms. The van der Waals surface area contributed by atoms with Crippen molar-refractivity contribution in [2.75, 3.05) is 0 Å². The molecule has 0 saturated heterocycles. The number of nitrogens with zero attached hydrogens (tertiary/aromatic N) is 3. The summed E-state index contributed by atoms with van der Waals surface area (Å²) in [5.74, 6) is -0.313. The Hall–Kier alpha value is -2.99. The molecule has 126 valence electrons. The molecule has 1 aliphatic heterocycles. The zero-order valence-corrected chi connectivity index (χ0v) is 14.2. The first-order valence-corrected chi connectivity index (χ1v) is 7.98. The number of carbonyl (C=O) groups excluding carboxylic acids is 2. The van der Waals surface area contributed by atoms with Crippen molar-refractivity contribution >= 4 is 35.0 Å². The summed E-state index contributed by atoms with van der Waals surface area (Å²) >= 11 is 5.81. The van der Waals surface area contributed by atoms with E-state index in [1.807, 2.05) is 6.07 Å². The molecule has 0 fully saturated rings. The van der Waals surface area contributed by atoms with Crippen LogP contribution < -0.4 is 5.43 Å². The van der Waals surface area contributed by atoms with Crippen LogP contribution in [0.2, 0.25) is 5.02 Å². The van der Waals surface area contributed by atoms with E-state index in [-0.39, 0.29) is 11.8 Å². The average Bonchev–Trinajstić information content (AvgIpc) is 3.01. The Morgan fingerprint density at radius 3 is 2.44 bits per heavy atom. The second kappa shape index (κ2) is 7.27. The highest BCUT2D eigenvalue weighted by molar-refractivity contribution is 6.30. The van der Waals surface area contributed by atoms with Gasteiger partial charge in [-0.2, -0.15) is 15.2 Å². The molecule has 0 atom stereocenters. The zero-order chi connectivity index (χ0) is 17.8. The molecule has 1 N–H and O–H groups in total. The zero-order valence-electron chi connectivity index (χ0n) is 13.4. The van der Waals surface area contributed by atoms with Crippen LogP contribution in [-0.2, 0) is 0 Å². The molecule has 1 aliphatic rings. The Morgan fingerprint density at radius 1 is 1.08 bits per heavy atom. The molecule has 6 nitrogen and oxygen atoms in total. The highest BCUT2D eigenvalue weighted by Crippen LogP contribution is 2.15. The Kier molecular flexibility index (Phi) is 4.90. The summed E-state index contributed by atoms with van der Waals surface area (Å²) in [6, 6.07) is 15.2. The predicted molar refractivity (Wildman–Crippen MR) is 96.7 cm³/mol. The van der Waals surface area contributed by atoms with Gasteiger partial charge in [-0.05, 0) is 43.3 Å². The predicted octanol–water partition coefficient (Wildman–Crippen LogP) is 3.31. The van der Waals surface area contributed by atoms with Crippen LogP contribution in [0.4, 0.5) is 0 Å². The Labute approximate surface area is 149 Å².